The van der Waals surface area contributed by atoms with Crippen LogP contribution in [-0.2, 0) is 71.4 Å². The van der Waals surface area contributed by atoms with Gasteiger partial charge in [-0.05, 0) is 168 Å². The number of alkyl halides is 3. The van der Waals surface area contributed by atoms with Crippen LogP contribution in [0.5, 0.6) is 0 Å². The van der Waals surface area contributed by atoms with Crippen LogP contribution in [0.25, 0.3) is 90.2 Å². The van der Waals surface area contributed by atoms with Crippen molar-refractivity contribution in [3.8, 4) is 46.1 Å². The predicted octanol–water partition coefficient (Wildman–Crippen LogP) is 17.1. The van der Waals surface area contributed by atoms with Crippen LogP contribution in [-0.4, -0.2) is 94.2 Å². The van der Waals surface area contributed by atoms with E-state index in [4.69, 9.17) is 13.0 Å². The van der Waals surface area contributed by atoms with Gasteiger partial charge in [0.15, 0.2) is 10.1 Å². The summed E-state index contributed by atoms with van der Waals surface area (Å²) in [5, 5.41) is 0. The van der Waals surface area contributed by atoms with Gasteiger partial charge in [-0.25, -0.2) is 18.4 Å². The number of hydrogen-bond acceptors (Lipinski definition) is 13. The number of para-hydroxylation sites is 8. The average Bonchev–Trinajstić information content (AvgIpc) is 1.70. The molecule has 0 unspecified atom stereocenters. The molecule has 12 rings (SSSR count). The van der Waals surface area contributed by atoms with E-state index in [-0.39, 0.29) is 22.4 Å². The van der Waals surface area contributed by atoms with Gasteiger partial charge in [0, 0.05) is 0 Å². The van der Waals surface area contributed by atoms with Gasteiger partial charge in [0.2, 0.25) is 0 Å². The maximum Gasteiger partial charge on any atom is 0.0627 e. The Balaban J connectivity index is 0.000000219. The molecule has 17 nitrogen and oxygen atoms in total. The average molecular weight is 1860 g/mol. The van der Waals surface area contributed by atoms with Gasteiger partial charge in [-0.2, -0.15) is 26.5 Å². The molecule has 0 bridgehead atoms. The van der Waals surface area contributed by atoms with E-state index >= 15 is 0 Å². The van der Waals surface area contributed by atoms with Gasteiger partial charge >= 0.3 is 89.0 Å². The SMILES string of the molecule is CCCCCCN1C=CN(CCCCCC)[CH-]1.CCCCCCN1C=CN(CCCCCC)[CH-]1.O=S(=O)([O-])C(F)(F)F.[Au+3].[Br][Ag].[Cl][Au].c1cc(-c2nc3ccccc3[n-]2)nc(-c2nc3ccccc3[n-]2)c1.c1cc(-c2nc3ccccc3[n-]2)nc(-c2nc3ccccc3[n-]2)c1. The van der Waals surface area contributed by atoms with Gasteiger partial charge in [-0.15, -0.1) is 0 Å². The van der Waals surface area contributed by atoms with Gasteiger partial charge in [0.25, 0.3) is 0 Å². The van der Waals surface area contributed by atoms with Crippen LogP contribution in [0.1, 0.15) is 130 Å². The van der Waals surface area contributed by atoms with Crippen molar-refractivity contribution in [1.29, 1.82) is 0 Å². The Kier molecular flexibility index (Phi) is 36.8. The molecule has 4 aromatic carbocycles. The number of benzene rings is 4. The molecule has 2 aliphatic heterocycles. The van der Waals surface area contributed by atoms with Crippen molar-refractivity contribution in [2.75, 3.05) is 26.2 Å². The Hall–Kier alpha value is -5.57. The van der Waals surface area contributed by atoms with Crippen LogP contribution in [0.15, 0.2) is 158 Å². The molecule has 0 saturated heterocycles. The summed E-state index contributed by atoms with van der Waals surface area (Å²) in [6, 6.07) is 42.7. The Bertz CT molecular complexity index is 3390. The van der Waals surface area contributed by atoms with Crippen LogP contribution in [0.3, 0.4) is 0 Å². The summed E-state index contributed by atoms with van der Waals surface area (Å²) in [7, 11) is -1.51. The molecule has 26 heteroatoms. The van der Waals surface area contributed by atoms with Crippen molar-refractivity contribution in [2.24, 2.45) is 0 Å². The Morgan fingerprint density at radius 2 is 0.642 bits per heavy atom. The molecule has 0 aliphatic carbocycles. The van der Waals surface area contributed by atoms with Gasteiger partial charge < -0.3 is 64.0 Å². The summed E-state index contributed by atoms with van der Waals surface area (Å²) in [5.74, 6) is 2.48. The van der Waals surface area contributed by atoms with E-state index in [0.717, 1.165) is 66.9 Å². The van der Waals surface area contributed by atoms with E-state index < -0.39 is 15.6 Å². The maximum absolute atomic E-state index is 10.7. The van der Waals surface area contributed by atoms with Crippen LogP contribution in [0.4, 0.5) is 13.2 Å². The molecule has 522 valence electrons. The molecule has 0 fully saturated rings. The van der Waals surface area contributed by atoms with Gasteiger partial charge in [-0.1, -0.05) is 214 Å². The number of imidazole rings is 4. The number of nitrogens with zero attached hydrogens (tertiary/aromatic N) is 14. The minimum atomic E-state index is -6.09. The molecular formula is C69H80AgAu2BrClF3N14O3S-4. The Morgan fingerprint density at radius 1 is 0.421 bits per heavy atom. The van der Waals surface area contributed by atoms with Gasteiger partial charge in [0.05, 0.1) is 22.8 Å². The molecule has 0 saturated carbocycles. The second-order valence-corrected chi connectivity index (χ2v) is 23.3. The largest absolute Gasteiger partial charge is 0.434 e. The molecule has 8 heterocycles. The summed E-state index contributed by atoms with van der Waals surface area (Å²) >= 11 is 7.26. The second kappa shape index (κ2) is 43.7. The fourth-order valence-electron chi connectivity index (χ4n) is 9.74. The van der Waals surface area contributed by atoms with Crippen molar-refractivity contribution in [1.82, 2.24) is 69.4 Å². The molecule has 2 aliphatic rings. The number of hydrogen-bond donors (Lipinski definition) is 0. The summed E-state index contributed by atoms with van der Waals surface area (Å²) in [6.07, 6.45) is 30.4. The normalized spacial score (nSPS) is 12.4. The third-order valence-corrected chi connectivity index (χ3v) is 15.2. The molecule has 0 amide bonds. The Labute approximate surface area is 607 Å². The zero-order chi connectivity index (χ0) is 67.6. The van der Waals surface area contributed by atoms with E-state index in [1.54, 1.807) is 20.0 Å². The van der Waals surface area contributed by atoms with E-state index in [1.165, 1.54) is 129 Å². The molecule has 0 spiro atoms. The standard InChI is InChI=1S/2C19H11N5.2C15H29N2.CHF3O3S.Ag.2Au.BrH.ClH/c2*1-2-7-13-12(6-1)21-18(22-13)16-10-5-11-17(20-16)19-23-14-8-3-4-9-15(14)24-19;2*1-3-5-7-9-11-16-13-14-17(15-16)12-10-8-6-4-2;2-1(3,4)8(5,6)7;;;;;/h2*1-11H;2*13-15H,3-12H2,1-2H3;(H,5,6,7);;;;2*1H/q2*-2;2*-1;;2*+1;+3;;/p-3. The second-order valence-electron chi connectivity index (χ2n) is 21.9. The molecule has 0 radical (unpaired) electrons. The summed E-state index contributed by atoms with van der Waals surface area (Å²) in [6.45, 7) is 18.3. The topological polar surface area (TPSA) is 204 Å². The van der Waals surface area contributed by atoms with Crippen LogP contribution in [0.2, 0.25) is 0 Å². The molecular weight excluding hydrogens is 1780 g/mol. The Morgan fingerprint density at radius 3 is 0.842 bits per heavy atom. The third-order valence-electron chi connectivity index (χ3n) is 14.6. The van der Waals surface area contributed by atoms with E-state index in [1.807, 2.05) is 133 Å². The molecule has 0 atom stereocenters. The van der Waals surface area contributed by atoms with Crippen molar-refractivity contribution >= 4 is 76.5 Å². The first kappa shape index (κ1) is 80.1. The first-order valence-electron chi connectivity index (χ1n) is 31.6. The number of halogens is 5. The predicted molar refractivity (Wildman–Crippen MR) is 366 cm³/mol. The molecule has 95 heavy (non-hydrogen) atoms. The van der Waals surface area contributed by atoms with Crippen LogP contribution in [0, 0.1) is 13.3 Å². The number of pyridine rings is 2. The first-order valence-corrected chi connectivity index (χ1v) is 39.1. The van der Waals surface area contributed by atoms with Gasteiger partial charge in [-0.3, -0.25) is 0 Å². The zero-order valence-electron chi connectivity index (χ0n) is 53.5. The zero-order valence-corrected chi connectivity index (χ0v) is 62.5. The fraction of sp³-hybridized carbons (Fsp3) is 0.362. The minimum absolute atomic E-state index is 0. The number of unbranched alkanes of at least 4 members (excludes halogenated alkanes) is 12. The number of aromatic nitrogens is 10. The summed E-state index contributed by atoms with van der Waals surface area (Å²) < 4.78 is 58.9. The maximum atomic E-state index is 10.7. The van der Waals surface area contributed by atoms with Gasteiger partial charge in [0.1, 0.15) is 0 Å². The van der Waals surface area contributed by atoms with Crippen molar-refractivity contribution < 1.29 is 87.4 Å². The fourth-order valence-corrected chi connectivity index (χ4v) is 9.74. The minimum Gasteiger partial charge on any atom is -0.434 e. The smallest absolute Gasteiger partial charge is 0.0627 e. The van der Waals surface area contributed by atoms with Crippen molar-refractivity contribution in [2.45, 2.75) is 136 Å². The van der Waals surface area contributed by atoms with Crippen molar-refractivity contribution in [3.63, 3.8) is 0 Å². The van der Waals surface area contributed by atoms with Crippen LogP contribution < -0.4 is 19.9 Å². The molecule has 0 N–H and O–H groups in total. The molecule has 6 aromatic heterocycles. The first-order chi connectivity index (χ1) is 45.7. The monoisotopic (exact) mass is 1860 g/mol. The van der Waals surface area contributed by atoms with Crippen LogP contribution >= 0.6 is 22.2 Å². The summed E-state index contributed by atoms with van der Waals surface area (Å²) in [4.78, 5) is 55.0. The van der Waals surface area contributed by atoms with E-state index in [9.17, 15) is 13.2 Å². The quantitative estimate of drug-likeness (QED) is 0.0181. The van der Waals surface area contributed by atoms with Crippen molar-refractivity contribution in [3.05, 3.63) is 172 Å². The van der Waals surface area contributed by atoms with E-state index in [0.29, 0.717) is 23.3 Å². The summed E-state index contributed by atoms with van der Waals surface area (Å²) in [5.41, 5.74) is 4.20. The third kappa shape index (κ3) is 26.7. The van der Waals surface area contributed by atoms with E-state index in [2.05, 4.69) is 176 Å². The number of fused-ring (bicyclic) bond motifs is 4. The molecule has 10 aromatic rings. The number of rotatable bonds is 24.